The predicted molar refractivity (Wildman–Crippen MR) is 56.5 cm³/mol. The van der Waals surface area contributed by atoms with Crippen LogP contribution < -0.4 is 0 Å². The van der Waals surface area contributed by atoms with Gasteiger partial charge < -0.3 is 0 Å². The Hall–Kier alpha value is -0.840. The zero-order valence-corrected chi connectivity index (χ0v) is 12.0. The highest BCUT2D eigenvalue weighted by Gasteiger charge is 2.73. The smallest absolute Gasteiger partial charge is 0.171 e. The van der Waals surface area contributed by atoms with Crippen molar-refractivity contribution in [1.29, 1.82) is 0 Å². The Morgan fingerprint density at radius 1 is 0.375 bits per heavy atom. The highest BCUT2D eigenvalue weighted by Crippen LogP contribution is 2.63. The van der Waals surface area contributed by atoms with Crippen molar-refractivity contribution < 1.29 is 52.7 Å². The van der Waals surface area contributed by atoms with Crippen molar-refractivity contribution in [2.75, 3.05) is 0 Å². The summed E-state index contributed by atoms with van der Waals surface area (Å²) >= 11 is 0. The second kappa shape index (κ2) is 5.86. The van der Waals surface area contributed by atoms with Crippen molar-refractivity contribution in [3.8, 4) is 0 Å². The van der Waals surface area contributed by atoms with E-state index in [0.29, 0.717) is 13.8 Å². The molecular weight excluding hydrogens is 372 g/mol. The average molecular weight is 384 g/mol. The fraction of sp³-hybridized carbons (Fsp3) is 1.00. The van der Waals surface area contributed by atoms with Gasteiger partial charge in [0, 0.05) is 0 Å². The number of hydrogen-bond acceptors (Lipinski definition) is 0. The summed E-state index contributed by atoms with van der Waals surface area (Å²) < 4.78 is 156. The molecule has 0 aromatic carbocycles. The van der Waals surface area contributed by atoms with Crippen molar-refractivity contribution in [2.24, 2.45) is 35.5 Å². The lowest BCUT2D eigenvalue weighted by Gasteiger charge is -2.51. The molecule has 1 saturated carbocycles. The summed E-state index contributed by atoms with van der Waals surface area (Å²) in [6, 6.07) is 0. The minimum Gasteiger partial charge on any atom is -0.171 e. The van der Waals surface area contributed by atoms with Crippen LogP contribution in [-0.4, -0.2) is 24.7 Å². The van der Waals surface area contributed by atoms with Gasteiger partial charge in [0.15, 0.2) is 0 Å². The Morgan fingerprint density at radius 3 is 0.667 bits per heavy atom. The van der Waals surface area contributed by atoms with Gasteiger partial charge in [-0.2, -0.15) is 52.7 Å². The van der Waals surface area contributed by atoms with Gasteiger partial charge in [-0.1, -0.05) is 13.8 Å². The molecule has 0 bridgehead atoms. The van der Waals surface area contributed by atoms with Crippen LogP contribution in [0.5, 0.6) is 0 Å². The van der Waals surface area contributed by atoms with E-state index in [0.717, 1.165) is 0 Å². The van der Waals surface area contributed by atoms with Crippen molar-refractivity contribution in [3.63, 3.8) is 0 Å². The van der Waals surface area contributed by atoms with Gasteiger partial charge in [-0.15, -0.1) is 0 Å². The largest absolute Gasteiger partial charge is 0.393 e. The van der Waals surface area contributed by atoms with Gasteiger partial charge in [-0.3, -0.25) is 0 Å². The van der Waals surface area contributed by atoms with Crippen LogP contribution in [0.2, 0.25) is 0 Å². The maximum Gasteiger partial charge on any atom is 0.393 e. The first-order valence-corrected chi connectivity index (χ1v) is 6.58. The van der Waals surface area contributed by atoms with Crippen molar-refractivity contribution >= 4 is 0 Å². The molecule has 6 atom stereocenters. The second-order valence-electron chi connectivity index (χ2n) is 5.99. The SMILES string of the molecule is CC1C(C(F)(F)F)C(C(F)(F)F)C(C(F)(F)F)C(C(F)(F)F)[C@@H]1C. The zero-order valence-electron chi connectivity index (χ0n) is 12.0. The quantitative estimate of drug-likeness (QED) is 0.451. The molecule has 24 heavy (non-hydrogen) atoms. The molecule has 0 saturated heterocycles. The lowest BCUT2D eigenvalue weighted by atomic mass is 9.56. The van der Waals surface area contributed by atoms with Crippen LogP contribution in [0.1, 0.15) is 13.8 Å². The van der Waals surface area contributed by atoms with Crippen molar-refractivity contribution in [2.45, 2.75) is 38.6 Å². The second-order valence-corrected chi connectivity index (χ2v) is 5.99. The molecule has 0 heterocycles. The summed E-state index contributed by atoms with van der Waals surface area (Å²) in [4.78, 5) is 0. The average Bonchev–Trinajstić information content (AvgIpc) is 2.25. The van der Waals surface area contributed by atoms with Gasteiger partial charge in [0.2, 0.25) is 0 Å². The van der Waals surface area contributed by atoms with E-state index >= 15 is 0 Å². The highest BCUT2D eigenvalue weighted by atomic mass is 19.4. The van der Waals surface area contributed by atoms with Crippen LogP contribution in [-0.2, 0) is 0 Å². The monoisotopic (exact) mass is 384 g/mol. The standard InChI is InChI=1S/C12H12F12/c1-3-4(2)6(10(16,17)18)8(12(22,23)24)7(11(19,20)21)5(3)9(13,14)15/h3-8H,1-2H3/t3-,4?,5?,6?,7?,8?/m1/s1. The summed E-state index contributed by atoms with van der Waals surface area (Å²) in [5.74, 6) is -20.1. The van der Waals surface area contributed by atoms with Gasteiger partial charge in [-0.05, 0) is 11.8 Å². The fourth-order valence-electron chi connectivity index (χ4n) is 3.57. The molecule has 0 nitrogen and oxygen atoms in total. The number of hydrogen-bond donors (Lipinski definition) is 0. The first-order valence-electron chi connectivity index (χ1n) is 6.58. The molecule has 1 fully saturated rings. The van der Waals surface area contributed by atoms with Gasteiger partial charge in [-0.25, -0.2) is 0 Å². The lowest BCUT2D eigenvalue weighted by Crippen LogP contribution is -2.61. The van der Waals surface area contributed by atoms with E-state index in [1.54, 1.807) is 0 Å². The van der Waals surface area contributed by atoms with E-state index in [1.165, 1.54) is 0 Å². The molecule has 12 heteroatoms. The topological polar surface area (TPSA) is 0 Å². The maximum absolute atomic E-state index is 13.0. The van der Waals surface area contributed by atoms with Gasteiger partial charge in [0.1, 0.15) is 0 Å². The Labute approximate surface area is 128 Å². The molecule has 0 radical (unpaired) electrons. The molecule has 0 aromatic rings. The zero-order chi connectivity index (χ0) is 19.5. The molecule has 1 aliphatic rings. The molecule has 144 valence electrons. The van der Waals surface area contributed by atoms with Crippen LogP contribution >= 0.6 is 0 Å². The summed E-state index contributed by atoms with van der Waals surface area (Å²) in [5.41, 5.74) is 0. The van der Waals surface area contributed by atoms with Crippen LogP contribution in [0.15, 0.2) is 0 Å². The van der Waals surface area contributed by atoms with E-state index in [1.807, 2.05) is 0 Å². The molecule has 0 aliphatic heterocycles. The minimum absolute atomic E-state index is 0.465. The highest BCUT2D eigenvalue weighted by molar-refractivity contribution is 5.03. The first-order chi connectivity index (χ1) is 10.3. The molecule has 5 unspecified atom stereocenters. The Kier molecular flexibility index (Phi) is 5.17. The molecular formula is C12H12F12. The third kappa shape index (κ3) is 3.87. The van der Waals surface area contributed by atoms with E-state index in [-0.39, 0.29) is 0 Å². The Bertz CT molecular complexity index is 397. The molecule has 0 aromatic heterocycles. The molecule has 0 spiro atoms. The summed E-state index contributed by atoms with van der Waals surface area (Å²) in [6.45, 7) is 0.930. The maximum atomic E-state index is 13.0. The van der Waals surface area contributed by atoms with Crippen molar-refractivity contribution in [1.82, 2.24) is 0 Å². The van der Waals surface area contributed by atoms with E-state index in [9.17, 15) is 52.7 Å². The first kappa shape index (κ1) is 21.2. The fourth-order valence-corrected chi connectivity index (χ4v) is 3.57. The number of halogens is 12. The van der Waals surface area contributed by atoms with E-state index in [4.69, 9.17) is 0 Å². The van der Waals surface area contributed by atoms with E-state index in [2.05, 4.69) is 0 Å². The Balaban J connectivity index is 3.68. The normalized spacial score (nSPS) is 36.8. The summed E-state index contributed by atoms with van der Waals surface area (Å²) in [6.07, 6.45) is -23.7. The van der Waals surface area contributed by atoms with Crippen LogP contribution in [0, 0.1) is 35.5 Å². The third-order valence-corrected chi connectivity index (χ3v) is 4.63. The van der Waals surface area contributed by atoms with Gasteiger partial charge in [0.25, 0.3) is 0 Å². The Morgan fingerprint density at radius 2 is 0.542 bits per heavy atom. The van der Waals surface area contributed by atoms with Crippen LogP contribution in [0.4, 0.5) is 52.7 Å². The third-order valence-electron chi connectivity index (χ3n) is 4.63. The van der Waals surface area contributed by atoms with Gasteiger partial charge in [0.05, 0.1) is 23.7 Å². The minimum atomic E-state index is -6.10. The van der Waals surface area contributed by atoms with Crippen LogP contribution in [0.25, 0.3) is 0 Å². The van der Waals surface area contributed by atoms with Crippen molar-refractivity contribution in [3.05, 3.63) is 0 Å². The number of alkyl halides is 12. The number of rotatable bonds is 0. The predicted octanol–water partition coefficient (Wildman–Crippen LogP) is 5.99. The molecule has 1 aliphatic carbocycles. The summed E-state index contributed by atoms with van der Waals surface area (Å²) in [5, 5.41) is 0. The lowest BCUT2D eigenvalue weighted by molar-refractivity contribution is -0.364. The summed E-state index contributed by atoms with van der Waals surface area (Å²) in [7, 11) is 0. The van der Waals surface area contributed by atoms with Gasteiger partial charge >= 0.3 is 24.7 Å². The molecule has 0 amide bonds. The molecule has 0 N–H and O–H groups in total. The van der Waals surface area contributed by atoms with Crippen LogP contribution in [0.3, 0.4) is 0 Å². The molecule has 1 rings (SSSR count). The van der Waals surface area contributed by atoms with E-state index < -0.39 is 60.2 Å².